The molecule has 0 spiro atoms. The summed E-state index contributed by atoms with van der Waals surface area (Å²) in [5.41, 5.74) is 3.34. The van der Waals surface area contributed by atoms with E-state index < -0.39 is 0 Å². The second kappa shape index (κ2) is 9.18. The van der Waals surface area contributed by atoms with E-state index in [1.165, 1.54) is 11.1 Å². The third-order valence-corrected chi connectivity index (χ3v) is 5.82. The number of hydrogen-bond donors (Lipinski definition) is 1. The SMILES string of the molecule is O=C(c1ccccc1C1CCNC1)N1CCN(C/C=C/c2ccccc2)CC1. The molecule has 4 heteroatoms. The van der Waals surface area contributed by atoms with E-state index in [2.05, 4.69) is 58.8 Å². The molecule has 0 saturated carbocycles. The van der Waals surface area contributed by atoms with E-state index in [-0.39, 0.29) is 5.91 Å². The summed E-state index contributed by atoms with van der Waals surface area (Å²) in [6, 6.07) is 18.6. The van der Waals surface area contributed by atoms with E-state index in [9.17, 15) is 4.79 Å². The topological polar surface area (TPSA) is 35.6 Å². The molecular formula is C24H29N3O. The zero-order chi connectivity index (χ0) is 19.2. The van der Waals surface area contributed by atoms with E-state index in [0.717, 1.165) is 57.8 Å². The number of nitrogens with one attached hydrogen (secondary N) is 1. The molecule has 146 valence electrons. The second-order valence-electron chi connectivity index (χ2n) is 7.68. The summed E-state index contributed by atoms with van der Waals surface area (Å²) in [6.45, 7) is 6.41. The van der Waals surface area contributed by atoms with Crippen molar-refractivity contribution in [1.82, 2.24) is 15.1 Å². The lowest BCUT2D eigenvalue weighted by Crippen LogP contribution is -2.48. The quantitative estimate of drug-likeness (QED) is 0.872. The van der Waals surface area contributed by atoms with Crippen LogP contribution in [-0.4, -0.2) is 61.5 Å². The molecule has 2 fully saturated rings. The van der Waals surface area contributed by atoms with Gasteiger partial charge in [0.05, 0.1) is 0 Å². The third kappa shape index (κ3) is 4.51. The molecule has 2 aliphatic heterocycles. The number of nitrogens with zero attached hydrogens (tertiary/aromatic N) is 2. The molecule has 2 aromatic carbocycles. The molecule has 2 aromatic rings. The van der Waals surface area contributed by atoms with Crippen molar-refractivity contribution in [2.24, 2.45) is 0 Å². The number of piperazine rings is 1. The van der Waals surface area contributed by atoms with Crippen molar-refractivity contribution in [2.75, 3.05) is 45.8 Å². The third-order valence-electron chi connectivity index (χ3n) is 5.82. The Kier molecular flexibility index (Phi) is 6.20. The molecule has 0 aromatic heterocycles. The van der Waals surface area contributed by atoms with Crippen molar-refractivity contribution in [3.05, 3.63) is 77.4 Å². The summed E-state index contributed by atoms with van der Waals surface area (Å²) >= 11 is 0. The summed E-state index contributed by atoms with van der Waals surface area (Å²) in [5.74, 6) is 0.659. The lowest BCUT2D eigenvalue weighted by Gasteiger charge is -2.34. The summed E-state index contributed by atoms with van der Waals surface area (Å²) < 4.78 is 0. The normalized spacial score (nSPS) is 20.7. The van der Waals surface area contributed by atoms with Crippen LogP contribution in [0.1, 0.15) is 33.8 Å². The van der Waals surface area contributed by atoms with Crippen LogP contribution < -0.4 is 5.32 Å². The van der Waals surface area contributed by atoms with Gasteiger partial charge in [-0.25, -0.2) is 0 Å². The minimum Gasteiger partial charge on any atom is -0.336 e. The highest BCUT2D eigenvalue weighted by Crippen LogP contribution is 2.26. The highest BCUT2D eigenvalue weighted by molar-refractivity contribution is 5.96. The van der Waals surface area contributed by atoms with Gasteiger partial charge in [-0.05, 0) is 36.1 Å². The Hall–Kier alpha value is -2.43. The summed E-state index contributed by atoms with van der Waals surface area (Å²) in [7, 11) is 0. The molecule has 0 aliphatic carbocycles. The summed E-state index contributed by atoms with van der Waals surface area (Å²) in [4.78, 5) is 17.6. The van der Waals surface area contributed by atoms with Crippen molar-refractivity contribution in [3.63, 3.8) is 0 Å². The minimum atomic E-state index is 0.196. The molecule has 4 rings (SSSR count). The van der Waals surface area contributed by atoms with Crippen LogP contribution in [0, 0.1) is 0 Å². The van der Waals surface area contributed by atoms with Gasteiger partial charge in [0.25, 0.3) is 5.91 Å². The van der Waals surface area contributed by atoms with Gasteiger partial charge in [-0.3, -0.25) is 9.69 Å². The molecule has 4 nitrogen and oxygen atoms in total. The number of rotatable bonds is 5. The first-order chi connectivity index (χ1) is 13.8. The molecule has 2 saturated heterocycles. The highest BCUT2D eigenvalue weighted by atomic mass is 16.2. The molecule has 2 heterocycles. The van der Waals surface area contributed by atoms with Crippen molar-refractivity contribution in [2.45, 2.75) is 12.3 Å². The van der Waals surface area contributed by atoms with E-state index >= 15 is 0 Å². The van der Waals surface area contributed by atoms with Crippen molar-refractivity contribution < 1.29 is 4.79 Å². The molecule has 1 N–H and O–H groups in total. The molecule has 0 bridgehead atoms. The van der Waals surface area contributed by atoms with Gasteiger partial charge in [-0.1, -0.05) is 60.7 Å². The largest absolute Gasteiger partial charge is 0.336 e. The summed E-state index contributed by atoms with van der Waals surface area (Å²) in [5, 5.41) is 3.42. The fourth-order valence-electron chi connectivity index (χ4n) is 4.17. The van der Waals surface area contributed by atoms with Crippen LogP contribution in [0.2, 0.25) is 0 Å². The number of amides is 1. The van der Waals surface area contributed by atoms with Crippen molar-refractivity contribution in [3.8, 4) is 0 Å². The van der Waals surface area contributed by atoms with Gasteiger partial charge in [-0.2, -0.15) is 0 Å². The Morgan fingerprint density at radius 2 is 1.75 bits per heavy atom. The predicted molar refractivity (Wildman–Crippen MR) is 114 cm³/mol. The molecule has 1 atom stereocenters. The maximum Gasteiger partial charge on any atom is 0.254 e. The maximum atomic E-state index is 13.2. The molecule has 28 heavy (non-hydrogen) atoms. The van der Waals surface area contributed by atoms with Gasteiger partial charge < -0.3 is 10.2 Å². The average molecular weight is 376 g/mol. The Morgan fingerprint density at radius 1 is 1.00 bits per heavy atom. The van der Waals surface area contributed by atoms with Gasteiger partial charge in [-0.15, -0.1) is 0 Å². The van der Waals surface area contributed by atoms with Crippen molar-refractivity contribution >= 4 is 12.0 Å². The van der Waals surface area contributed by atoms with Crippen LogP contribution in [0.5, 0.6) is 0 Å². The molecular weight excluding hydrogens is 346 g/mol. The van der Waals surface area contributed by atoms with E-state index in [1.54, 1.807) is 0 Å². The number of hydrogen-bond acceptors (Lipinski definition) is 3. The van der Waals surface area contributed by atoms with E-state index in [4.69, 9.17) is 0 Å². The van der Waals surface area contributed by atoms with Crippen LogP contribution in [0.4, 0.5) is 0 Å². The average Bonchev–Trinajstić information content (AvgIpc) is 3.29. The van der Waals surface area contributed by atoms with E-state index in [0.29, 0.717) is 5.92 Å². The zero-order valence-electron chi connectivity index (χ0n) is 16.4. The maximum absolute atomic E-state index is 13.2. The smallest absolute Gasteiger partial charge is 0.254 e. The summed E-state index contributed by atoms with van der Waals surface area (Å²) in [6.07, 6.45) is 5.50. The van der Waals surface area contributed by atoms with Crippen LogP contribution in [0.3, 0.4) is 0 Å². The molecule has 1 unspecified atom stereocenters. The van der Waals surface area contributed by atoms with E-state index in [1.807, 2.05) is 23.1 Å². The lowest BCUT2D eigenvalue weighted by molar-refractivity contribution is 0.0649. The fraction of sp³-hybridized carbons (Fsp3) is 0.375. The van der Waals surface area contributed by atoms with Gasteiger partial charge in [0.2, 0.25) is 0 Å². The Bertz CT molecular complexity index is 804. The van der Waals surface area contributed by atoms with Gasteiger partial charge in [0, 0.05) is 44.8 Å². The Morgan fingerprint density at radius 3 is 2.50 bits per heavy atom. The fourth-order valence-corrected chi connectivity index (χ4v) is 4.17. The monoisotopic (exact) mass is 375 g/mol. The van der Waals surface area contributed by atoms with Crippen molar-refractivity contribution in [1.29, 1.82) is 0 Å². The number of carbonyl (C=O) groups excluding carboxylic acids is 1. The van der Waals surface area contributed by atoms with Crippen LogP contribution in [0.25, 0.3) is 6.08 Å². The van der Waals surface area contributed by atoms with Crippen LogP contribution >= 0.6 is 0 Å². The first-order valence-electron chi connectivity index (χ1n) is 10.3. The lowest BCUT2D eigenvalue weighted by atomic mass is 9.93. The minimum absolute atomic E-state index is 0.196. The first-order valence-corrected chi connectivity index (χ1v) is 10.3. The highest BCUT2D eigenvalue weighted by Gasteiger charge is 2.26. The van der Waals surface area contributed by atoms with Gasteiger partial charge in [0.15, 0.2) is 0 Å². The number of carbonyl (C=O) groups is 1. The zero-order valence-corrected chi connectivity index (χ0v) is 16.4. The van der Waals surface area contributed by atoms with Gasteiger partial charge >= 0.3 is 0 Å². The second-order valence-corrected chi connectivity index (χ2v) is 7.68. The predicted octanol–water partition coefficient (Wildman–Crippen LogP) is 3.23. The molecule has 2 aliphatic rings. The standard InChI is InChI=1S/C24H29N3O/c28-24(23-11-5-4-10-22(23)21-12-13-25-19-21)27-17-15-26(16-18-27)14-6-9-20-7-2-1-3-8-20/h1-11,21,25H,12-19H2/b9-6+. The first kappa shape index (κ1) is 18.9. The van der Waals surface area contributed by atoms with Gasteiger partial charge in [0.1, 0.15) is 0 Å². The number of benzene rings is 2. The Labute approximate surface area is 167 Å². The molecule has 0 radical (unpaired) electrons. The molecule has 1 amide bonds. The van der Waals surface area contributed by atoms with Crippen LogP contribution in [0.15, 0.2) is 60.7 Å². The Balaban J connectivity index is 1.33. The van der Waals surface area contributed by atoms with Crippen LogP contribution in [-0.2, 0) is 0 Å².